The third-order valence-corrected chi connectivity index (χ3v) is 6.58. The van der Waals surface area contributed by atoms with Crippen LogP contribution in [0.3, 0.4) is 0 Å². The molecule has 0 saturated carbocycles. The molecule has 2 N–H and O–H groups in total. The highest BCUT2D eigenvalue weighted by molar-refractivity contribution is 7.14. The molecule has 2 aromatic heterocycles. The number of anilines is 1. The van der Waals surface area contributed by atoms with E-state index in [-0.39, 0.29) is 0 Å². The average Bonchev–Trinajstić information content (AvgIpc) is 3.40. The summed E-state index contributed by atoms with van der Waals surface area (Å²) in [5, 5.41) is 10.6. The largest absolute Gasteiger partial charge is 0.363 e. The highest BCUT2D eigenvalue weighted by Crippen LogP contribution is 2.24. The molecule has 30 heavy (non-hydrogen) atoms. The molecule has 0 aliphatic carbocycles. The zero-order chi connectivity index (χ0) is 20.8. The van der Waals surface area contributed by atoms with Gasteiger partial charge in [-0.2, -0.15) is 0 Å². The van der Waals surface area contributed by atoms with Crippen molar-refractivity contribution in [2.75, 3.05) is 31.1 Å². The molecular weight excluding hydrogens is 392 g/mol. The van der Waals surface area contributed by atoms with Gasteiger partial charge in [0.15, 0.2) is 5.96 Å². The van der Waals surface area contributed by atoms with E-state index in [0.29, 0.717) is 6.04 Å². The molecule has 1 aliphatic heterocycles. The number of aliphatic imine (C=N–C) groups is 1. The molecule has 3 aromatic rings. The highest BCUT2D eigenvalue weighted by Gasteiger charge is 2.20. The Morgan fingerprint density at radius 2 is 2.03 bits per heavy atom. The molecule has 3 heterocycles. The van der Waals surface area contributed by atoms with E-state index in [1.54, 1.807) is 0 Å². The van der Waals surface area contributed by atoms with Gasteiger partial charge in [-0.05, 0) is 62.8 Å². The summed E-state index contributed by atoms with van der Waals surface area (Å²) in [6.07, 6.45) is 3.28. The Morgan fingerprint density at radius 1 is 1.20 bits per heavy atom. The van der Waals surface area contributed by atoms with Crippen molar-refractivity contribution >= 4 is 33.3 Å². The van der Waals surface area contributed by atoms with E-state index in [1.807, 2.05) is 17.4 Å². The van der Waals surface area contributed by atoms with Crippen LogP contribution in [-0.4, -0.2) is 47.7 Å². The number of aromatic nitrogens is 2. The summed E-state index contributed by atoms with van der Waals surface area (Å²) in [4.78, 5) is 12.0. The fourth-order valence-corrected chi connectivity index (χ4v) is 4.89. The van der Waals surface area contributed by atoms with Gasteiger partial charge in [-0.1, -0.05) is 12.1 Å². The number of guanidine groups is 1. The molecular formula is C23H32N6S. The van der Waals surface area contributed by atoms with Gasteiger partial charge in [0.05, 0.1) is 16.0 Å². The number of hydrogen-bond donors (Lipinski definition) is 2. The predicted octanol–water partition coefficient (Wildman–Crippen LogP) is 4.02. The Labute approximate surface area is 183 Å². The zero-order valence-electron chi connectivity index (χ0n) is 18.0. The summed E-state index contributed by atoms with van der Waals surface area (Å²) in [5.74, 6) is 2.02. The molecule has 0 spiro atoms. The first-order chi connectivity index (χ1) is 14.7. The summed E-state index contributed by atoms with van der Waals surface area (Å²) in [7, 11) is 0. The van der Waals surface area contributed by atoms with Crippen molar-refractivity contribution < 1.29 is 0 Å². The Morgan fingerprint density at radius 3 is 2.80 bits per heavy atom. The number of para-hydroxylation sites is 2. The van der Waals surface area contributed by atoms with E-state index in [0.717, 1.165) is 69.3 Å². The molecule has 7 heteroatoms. The number of aryl methyl sites for hydroxylation is 2. The van der Waals surface area contributed by atoms with Crippen LogP contribution in [-0.2, 0) is 6.54 Å². The minimum absolute atomic E-state index is 0.485. The molecule has 0 radical (unpaired) electrons. The fraction of sp³-hybridized carbons (Fsp3) is 0.478. The molecule has 1 fully saturated rings. The molecule has 0 atom stereocenters. The SMILES string of the molecule is CCNC(=NCCCn1c(C)nc2ccccc21)NC1CCN(c2cccs2)CC1. The van der Waals surface area contributed by atoms with Crippen molar-refractivity contribution in [3.05, 3.63) is 47.6 Å². The second kappa shape index (κ2) is 9.98. The van der Waals surface area contributed by atoms with Crippen molar-refractivity contribution in [2.45, 2.75) is 45.7 Å². The number of imidazole rings is 1. The van der Waals surface area contributed by atoms with Crippen LogP contribution in [0, 0.1) is 6.92 Å². The van der Waals surface area contributed by atoms with Gasteiger partial charge in [0.1, 0.15) is 5.82 Å². The highest BCUT2D eigenvalue weighted by atomic mass is 32.1. The molecule has 0 bridgehead atoms. The van der Waals surface area contributed by atoms with E-state index in [2.05, 4.69) is 74.6 Å². The number of hydrogen-bond acceptors (Lipinski definition) is 4. The predicted molar refractivity (Wildman–Crippen MR) is 128 cm³/mol. The van der Waals surface area contributed by atoms with Gasteiger partial charge in [-0.15, -0.1) is 11.3 Å². The number of rotatable bonds is 7. The number of nitrogens with zero attached hydrogens (tertiary/aromatic N) is 4. The monoisotopic (exact) mass is 424 g/mol. The summed E-state index contributed by atoms with van der Waals surface area (Å²) >= 11 is 1.83. The van der Waals surface area contributed by atoms with Gasteiger partial charge < -0.3 is 20.1 Å². The van der Waals surface area contributed by atoms with Gasteiger partial charge in [0.2, 0.25) is 0 Å². The second-order valence-electron chi connectivity index (χ2n) is 7.77. The lowest BCUT2D eigenvalue weighted by Gasteiger charge is -2.33. The van der Waals surface area contributed by atoms with E-state index in [4.69, 9.17) is 4.99 Å². The topological polar surface area (TPSA) is 57.5 Å². The lowest BCUT2D eigenvalue weighted by Crippen LogP contribution is -2.48. The Hall–Kier alpha value is -2.54. The smallest absolute Gasteiger partial charge is 0.191 e. The molecule has 4 rings (SSSR count). The van der Waals surface area contributed by atoms with Crippen LogP contribution in [0.1, 0.15) is 32.0 Å². The van der Waals surface area contributed by atoms with E-state index < -0.39 is 0 Å². The third-order valence-electron chi connectivity index (χ3n) is 5.65. The molecule has 1 saturated heterocycles. The summed E-state index contributed by atoms with van der Waals surface area (Å²) in [6.45, 7) is 9.03. The van der Waals surface area contributed by atoms with Crippen LogP contribution < -0.4 is 15.5 Å². The van der Waals surface area contributed by atoms with Crippen molar-refractivity contribution in [3.8, 4) is 0 Å². The fourth-order valence-electron chi connectivity index (χ4n) is 4.11. The maximum Gasteiger partial charge on any atom is 0.191 e. The van der Waals surface area contributed by atoms with E-state index >= 15 is 0 Å². The summed E-state index contributed by atoms with van der Waals surface area (Å²) < 4.78 is 2.30. The Balaban J connectivity index is 1.28. The first-order valence-corrected chi connectivity index (χ1v) is 11.9. The molecule has 0 unspecified atom stereocenters. The van der Waals surface area contributed by atoms with Crippen molar-refractivity contribution in [1.82, 2.24) is 20.2 Å². The molecule has 6 nitrogen and oxygen atoms in total. The molecule has 1 aliphatic rings. The number of thiophene rings is 1. The van der Waals surface area contributed by atoms with Crippen LogP contribution in [0.25, 0.3) is 11.0 Å². The van der Waals surface area contributed by atoms with Gasteiger partial charge in [0, 0.05) is 38.8 Å². The third kappa shape index (κ3) is 4.95. The quantitative estimate of drug-likeness (QED) is 0.342. The zero-order valence-corrected chi connectivity index (χ0v) is 18.8. The van der Waals surface area contributed by atoms with Gasteiger partial charge >= 0.3 is 0 Å². The first-order valence-electron chi connectivity index (χ1n) is 11.0. The lowest BCUT2D eigenvalue weighted by atomic mass is 10.1. The normalized spacial score (nSPS) is 15.7. The maximum absolute atomic E-state index is 4.83. The van der Waals surface area contributed by atoms with Crippen LogP contribution in [0.15, 0.2) is 46.8 Å². The summed E-state index contributed by atoms with van der Waals surface area (Å²) in [5.41, 5.74) is 2.28. The lowest BCUT2D eigenvalue weighted by molar-refractivity contribution is 0.462. The van der Waals surface area contributed by atoms with Crippen molar-refractivity contribution in [1.29, 1.82) is 0 Å². The number of fused-ring (bicyclic) bond motifs is 1. The summed E-state index contributed by atoms with van der Waals surface area (Å²) in [6, 6.07) is 13.2. The Bertz CT molecular complexity index is 953. The minimum atomic E-state index is 0.485. The number of piperidine rings is 1. The van der Waals surface area contributed by atoms with Gasteiger partial charge in [-0.25, -0.2) is 4.98 Å². The van der Waals surface area contributed by atoms with Crippen LogP contribution in [0.2, 0.25) is 0 Å². The average molecular weight is 425 g/mol. The van der Waals surface area contributed by atoms with E-state index in [1.165, 1.54) is 10.5 Å². The Kier molecular flexibility index (Phi) is 6.89. The van der Waals surface area contributed by atoms with Crippen LogP contribution in [0.4, 0.5) is 5.00 Å². The minimum Gasteiger partial charge on any atom is -0.363 e. The second-order valence-corrected chi connectivity index (χ2v) is 8.70. The van der Waals surface area contributed by atoms with Gasteiger partial charge in [-0.3, -0.25) is 4.99 Å². The van der Waals surface area contributed by atoms with Crippen LogP contribution in [0.5, 0.6) is 0 Å². The van der Waals surface area contributed by atoms with Gasteiger partial charge in [0.25, 0.3) is 0 Å². The molecule has 1 aromatic carbocycles. The standard InChI is InChI=1S/C23H32N6S/c1-3-24-23(27-19-11-15-28(16-12-19)22-10-6-17-30-22)25-13-7-14-29-18(2)26-20-8-4-5-9-21(20)29/h4-6,8-10,17,19H,3,7,11-16H2,1-2H3,(H2,24,25,27). The number of benzene rings is 1. The number of nitrogens with one attached hydrogen (secondary N) is 2. The van der Waals surface area contributed by atoms with Crippen LogP contribution >= 0.6 is 11.3 Å². The first kappa shape index (κ1) is 20.7. The van der Waals surface area contributed by atoms with E-state index in [9.17, 15) is 0 Å². The van der Waals surface area contributed by atoms with Crippen molar-refractivity contribution in [3.63, 3.8) is 0 Å². The van der Waals surface area contributed by atoms with Crippen molar-refractivity contribution in [2.24, 2.45) is 4.99 Å². The maximum atomic E-state index is 4.83. The molecule has 0 amide bonds. The molecule has 160 valence electrons.